The molecule has 2 atom stereocenters. The van der Waals surface area contributed by atoms with Crippen molar-refractivity contribution in [2.24, 2.45) is 0 Å². The van der Waals surface area contributed by atoms with E-state index in [1.54, 1.807) is 13.2 Å². The van der Waals surface area contributed by atoms with Crippen LogP contribution < -0.4 is 14.8 Å². The van der Waals surface area contributed by atoms with Crippen molar-refractivity contribution in [3.8, 4) is 11.5 Å². The van der Waals surface area contributed by atoms with E-state index >= 15 is 0 Å². The molecule has 1 aliphatic heterocycles. The van der Waals surface area contributed by atoms with Crippen molar-refractivity contribution in [3.63, 3.8) is 0 Å². The van der Waals surface area contributed by atoms with Gasteiger partial charge < -0.3 is 14.8 Å². The molecule has 0 amide bonds. The van der Waals surface area contributed by atoms with Crippen molar-refractivity contribution in [2.45, 2.75) is 38.8 Å². The molecular formula is C17H27FN2O2. The molecular weight excluding hydrogens is 283 g/mol. The van der Waals surface area contributed by atoms with Gasteiger partial charge in [0.2, 0.25) is 0 Å². The van der Waals surface area contributed by atoms with Gasteiger partial charge in [-0.25, -0.2) is 4.39 Å². The molecule has 0 radical (unpaired) electrons. The van der Waals surface area contributed by atoms with Crippen molar-refractivity contribution >= 4 is 0 Å². The first kappa shape index (κ1) is 17.0. The Hall–Kier alpha value is -1.33. The zero-order chi connectivity index (χ0) is 16.1. The third-order valence-electron chi connectivity index (χ3n) is 4.53. The Kier molecular flexibility index (Phi) is 6.03. The molecule has 1 aromatic rings. The van der Waals surface area contributed by atoms with Crippen LogP contribution in [-0.4, -0.2) is 44.8 Å². The van der Waals surface area contributed by atoms with Crippen LogP contribution in [0.1, 0.15) is 38.3 Å². The molecule has 124 valence electrons. The first-order valence-electron chi connectivity index (χ1n) is 8.00. The predicted molar refractivity (Wildman–Crippen MR) is 86.2 cm³/mol. The number of likely N-dealkylation sites (tertiary alicyclic amines) is 1. The summed E-state index contributed by atoms with van der Waals surface area (Å²) in [6.07, 6.45) is 2.46. The maximum Gasteiger partial charge on any atom is 0.165 e. The summed E-state index contributed by atoms with van der Waals surface area (Å²) in [7, 11) is 3.09. The molecule has 0 saturated carbocycles. The van der Waals surface area contributed by atoms with Gasteiger partial charge in [-0.2, -0.15) is 0 Å². The quantitative estimate of drug-likeness (QED) is 0.839. The van der Waals surface area contributed by atoms with E-state index in [0.717, 1.165) is 18.7 Å². The second-order valence-corrected chi connectivity index (χ2v) is 5.75. The van der Waals surface area contributed by atoms with Crippen LogP contribution in [0.3, 0.4) is 0 Å². The predicted octanol–water partition coefficient (Wildman–Crippen LogP) is 2.98. The fraction of sp³-hybridized carbons (Fsp3) is 0.647. The lowest BCUT2D eigenvalue weighted by Crippen LogP contribution is -2.38. The molecule has 1 saturated heterocycles. The molecule has 1 N–H and O–H groups in total. The summed E-state index contributed by atoms with van der Waals surface area (Å²) in [5.74, 6) is 0.554. The highest BCUT2D eigenvalue weighted by Gasteiger charge is 2.25. The van der Waals surface area contributed by atoms with E-state index in [2.05, 4.69) is 17.1 Å². The van der Waals surface area contributed by atoms with Crippen molar-refractivity contribution in [1.29, 1.82) is 0 Å². The number of halogens is 1. The second kappa shape index (κ2) is 7.79. The smallest absolute Gasteiger partial charge is 0.165 e. The van der Waals surface area contributed by atoms with Gasteiger partial charge in [-0.05, 0) is 45.0 Å². The Labute approximate surface area is 132 Å². The number of likely N-dealkylation sites (N-methyl/N-ethyl adjacent to an activating group) is 1. The van der Waals surface area contributed by atoms with Gasteiger partial charge in [-0.1, -0.05) is 6.92 Å². The number of rotatable bonds is 7. The summed E-state index contributed by atoms with van der Waals surface area (Å²) in [6, 6.07) is 3.54. The maximum absolute atomic E-state index is 14.0. The van der Waals surface area contributed by atoms with Gasteiger partial charge in [-0.15, -0.1) is 0 Å². The lowest BCUT2D eigenvalue weighted by molar-refractivity contribution is 0.253. The molecule has 1 heterocycles. The van der Waals surface area contributed by atoms with E-state index in [-0.39, 0.29) is 17.6 Å². The van der Waals surface area contributed by atoms with Crippen LogP contribution in [0.4, 0.5) is 4.39 Å². The van der Waals surface area contributed by atoms with Crippen molar-refractivity contribution in [3.05, 3.63) is 23.5 Å². The van der Waals surface area contributed by atoms with E-state index in [9.17, 15) is 4.39 Å². The highest BCUT2D eigenvalue weighted by atomic mass is 19.1. The summed E-state index contributed by atoms with van der Waals surface area (Å²) in [5, 5.41) is 3.51. The molecule has 2 unspecified atom stereocenters. The molecule has 22 heavy (non-hydrogen) atoms. The fourth-order valence-electron chi connectivity index (χ4n) is 3.31. The van der Waals surface area contributed by atoms with Gasteiger partial charge in [0.15, 0.2) is 11.6 Å². The van der Waals surface area contributed by atoms with E-state index in [1.807, 2.05) is 6.92 Å². The Morgan fingerprint density at radius 1 is 1.36 bits per heavy atom. The van der Waals surface area contributed by atoms with Crippen molar-refractivity contribution in [2.75, 3.05) is 33.9 Å². The molecule has 2 rings (SSSR count). The Balaban J connectivity index is 2.11. The molecule has 0 aromatic heterocycles. The minimum atomic E-state index is -0.358. The minimum Gasteiger partial charge on any atom is -0.496 e. The summed E-state index contributed by atoms with van der Waals surface area (Å²) >= 11 is 0. The number of methoxy groups -OCH3 is 2. The van der Waals surface area contributed by atoms with Gasteiger partial charge in [0.1, 0.15) is 5.75 Å². The normalized spacial score (nSPS) is 20.1. The lowest BCUT2D eigenvalue weighted by atomic mass is 10.0. The largest absolute Gasteiger partial charge is 0.496 e. The van der Waals surface area contributed by atoms with E-state index in [1.165, 1.54) is 32.6 Å². The second-order valence-electron chi connectivity index (χ2n) is 5.75. The fourth-order valence-corrected chi connectivity index (χ4v) is 3.31. The van der Waals surface area contributed by atoms with Gasteiger partial charge >= 0.3 is 0 Å². The van der Waals surface area contributed by atoms with Gasteiger partial charge in [0, 0.05) is 18.6 Å². The average Bonchev–Trinajstić information content (AvgIpc) is 2.99. The first-order valence-corrected chi connectivity index (χ1v) is 8.00. The summed E-state index contributed by atoms with van der Waals surface area (Å²) in [5.41, 5.74) is 0.742. The molecule has 1 fully saturated rings. The standard InChI is InChI=1S/C17H27FN2O2/c1-5-20-10-6-7-13(20)11-19-12(2)16-15(21-3)9-8-14(18)17(16)22-4/h8-9,12-13,19H,5-7,10-11H2,1-4H3. The molecule has 1 aromatic carbocycles. The summed E-state index contributed by atoms with van der Waals surface area (Å²) < 4.78 is 24.6. The zero-order valence-electron chi connectivity index (χ0n) is 14.0. The van der Waals surface area contributed by atoms with Crippen LogP contribution >= 0.6 is 0 Å². The molecule has 4 nitrogen and oxygen atoms in total. The maximum atomic E-state index is 14.0. The third-order valence-corrected chi connectivity index (χ3v) is 4.53. The van der Waals surface area contributed by atoms with Crippen molar-refractivity contribution < 1.29 is 13.9 Å². The van der Waals surface area contributed by atoms with Gasteiger partial charge in [0.25, 0.3) is 0 Å². The molecule has 0 aliphatic carbocycles. The number of hydrogen-bond donors (Lipinski definition) is 1. The van der Waals surface area contributed by atoms with Crippen LogP contribution in [0.15, 0.2) is 12.1 Å². The van der Waals surface area contributed by atoms with E-state index in [0.29, 0.717) is 11.8 Å². The Morgan fingerprint density at radius 2 is 2.14 bits per heavy atom. The highest BCUT2D eigenvalue weighted by Crippen LogP contribution is 2.36. The van der Waals surface area contributed by atoms with Crippen LogP contribution in [0.2, 0.25) is 0 Å². The molecule has 1 aliphatic rings. The number of nitrogens with one attached hydrogen (secondary N) is 1. The zero-order valence-corrected chi connectivity index (χ0v) is 14.0. The molecule has 0 bridgehead atoms. The Morgan fingerprint density at radius 3 is 2.77 bits per heavy atom. The van der Waals surface area contributed by atoms with Crippen molar-refractivity contribution in [1.82, 2.24) is 10.2 Å². The molecule has 0 spiro atoms. The monoisotopic (exact) mass is 310 g/mol. The number of ether oxygens (including phenoxy) is 2. The number of benzene rings is 1. The van der Waals surface area contributed by atoms with E-state index in [4.69, 9.17) is 9.47 Å². The number of nitrogens with zero attached hydrogens (tertiary/aromatic N) is 1. The summed E-state index contributed by atoms with van der Waals surface area (Å²) in [4.78, 5) is 2.49. The lowest BCUT2D eigenvalue weighted by Gasteiger charge is -2.26. The average molecular weight is 310 g/mol. The molecule has 5 heteroatoms. The topological polar surface area (TPSA) is 33.7 Å². The minimum absolute atomic E-state index is 0.0418. The Bertz CT molecular complexity index is 496. The van der Waals surface area contributed by atoms with Crippen LogP contribution in [0, 0.1) is 5.82 Å². The van der Waals surface area contributed by atoms with Crippen LogP contribution in [0.5, 0.6) is 11.5 Å². The van der Waals surface area contributed by atoms with Gasteiger partial charge in [-0.3, -0.25) is 4.90 Å². The van der Waals surface area contributed by atoms with Crippen LogP contribution in [0.25, 0.3) is 0 Å². The van der Waals surface area contributed by atoms with Gasteiger partial charge in [0.05, 0.1) is 19.8 Å². The highest BCUT2D eigenvalue weighted by molar-refractivity contribution is 5.47. The van der Waals surface area contributed by atoms with E-state index < -0.39 is 0 Å². The number of hydrogen-bond acceptors (Lipinski definition) is 4. The SMILES string of the molecule is CCN1CCCC1CNC(C)c1c(OC)ccc(F)c1OC. The van der Waals surface area contributed by atoms with Crippen LogP contribution in [-0.2, 0) is 0 Å². The third kappa shape index (κ3) is 3.52. The summed E-state index contributed by atoms with van der Waals surface area (Å²) in [6.45, 7) is 7.35. The first-order chi connectivity index (χ1) is 10.6.